The Morgan fingerprint density at radius 1 is 1.16 bits per heavy atom. The monoisotopic (exact) mass is 452 g/mol. The largest absolute Gasteiger partial charge is 0.496 e. The highest BCUT2D eigenvalue weighted by Crippen LogP contribution is 2.34. The Morgan fingerprint density at radius 2 is 1.91 bits per heavy atom. The fraction of sp³-hybridized carbons (Fsp3) is 0.292. The van der Waals surface area contributed by atoms with Gasteiger partial charge in [-0.25, -0.2) is 0 Å². The number of benzene rings is 2. The molecule has 3 N–H and O–H groups in total. The van der Waals surface area contributed by atoms with Crippen molar-refractivity contribution in [3.05, 3.63) is 71.4 Å². The Morgan fingerprint density at radius 3 is 2.56 bits per heavy atom. The van der Waals surface area contributed by atoms with E-state index in [0.29, 0.717) is 29.1 Å². The van der Waals surface area contributed by atoms with Crippen LogP contribution >= 0.6 is 11.6 Å². The minimum Gasteiger partial charge on any atom is -0.496 e. The van der Waals surface area contributed by atoms with Crippen LogP contribution in [0.3, 0.4) is 0 Å². The lowest BCUT2D eigenvalue weighted by molar-refractivity contribution is 0.0946. The van der Waals surface area contributed by atoms with Gasteiger partial charge >= 0.3 is 0 Å². The molecule has 0 bridgehead atoms. The summed E-state index contributed by atoms with van der Waals surface area (Å²) >= 11 is 6.24. The molecule has 1 aliphatic rings. The standard InChI is InChI=1S/C24H25ClN4O3/c1-32-21-5-3-2-4-19(21)24(31)27-13-15-6-8-16(9-7-15)22-20(23(26)30)14-29(28-22)18-11-10-17(25)12-18/h2-9,14,17-18H,10-13H2,1H3,(H2,26,30)(H,27,31). The molecule has 0 spiro atoms. The molecule has 1 aliphatic carbocycles. The Labute approximate surface area is 191 Å². The lowest BCUT2D eigenvalue weighted by Gasteiger charge is -2.10. The highest BCUT2D eigenvalue weighted by molar-refractivity contribution is 6.20. The third-order valence-corrected chi connectivity index (χ3v) is 6.14. The van der Waals surface area contributed by atoms with E-state index < -0.39 is 5.91 Å². The van der Waals surface area contributed by atoms with Crippen LogP contribution in [-0.4, -0.2) is 34.1 Å². The Hall–Kier alpha value is -3.32. The van der Waals surface area contributed by atoms with Crippen molar-refractivity contribution in [1.82, 2.24) is 15.1 Å². The number of methoxy groups -OCH3 is 1. The summed E-state index contributed by atoms with van der Waals surface area (Å²) in [4.78, 5) is 24.5. The van der Waals surface area contributed by atoms with E-state index in [-0.39, 0.29) is 17.3 Å². The number of nitrogens with two attached hydrogens (primary N) is 1. The van der Waals surface area contributed by atoms with Crippen molar-refractivity contribution in [2.75, 3.05) is 7.11 Å². The quantitative estimate of drug-likeness (QED) is 0.530. The smallest absolute Gasteiger partial charge is 0.255 e. The normalized spacial score (nSPS) is 17.8. The fourth-order valence-electron chi connectivity index (χ4n) is 4.01. The lowest BCUT2D eigenvalue weighted by atomic mass is 10.1. The van der Waals surface area contributed by atoms with Crippen LogP contribution in [0.4, 0.5) is 0 Å². The molecule has 32 heavy (non-hydrogen) atoms. The first kappa shape index (κ1) is 21.9. The molecule has 2 atom stereocenters. The summed E-state index contributed by atoms with van der Waals surface area (Å²) in [5, 5.41) is 7.69. The number of hydrogen-bond donors (Lipinski definition) is 2. The van der Waals surface area contributed by atoms with Gasteiger partial charge in [-0.1, -0.05) is 36.4 Å². The Bertz CT molecular complexity index is 1130. The maximum absolute atomic E-state index is 12.5. The van der Waals surface area contributed by atoms with E-state index in [4.69, 9.17) is 22.1 Å². The van der Waals surface area contributed by atoms with E-state index in [1.165, 1.54) is 7.11 Å². The first-order valence-corrected chi connectivity index (χ1v) is 10.9. The van der Waals surface area contributed by atoms with Crippen molar-refractivity contribution in [3.8, 4) is 17.0 Å². The number of primary amides is 1. The predicted molar refractivity (Wildman–Crippen MR) is 123 cm³/mol. The van der Waals surface area contributed by atoms with Crippen LogP contribution in [0.5, 0.6) is 5.75 Å². The van der Waals surface area contributed by atoms with E-state index in [1.807, 2.05) is 35.0 Å². The molecule has 1 heterocycles. The van der Waals surface area contributed by atoms with Gasteiger partial charge in [0.05, 0.1) is 24.3 Å². The average Bonchev–Trinajstić information content (AvgIpc) is 3.44. The molecule has 0 aliphatic heterocycles. The first-order chi connectivity index (χ1) is 15.5. The van der Waals surface area contributed by atoms with Crippen LogP contribution in [0.2, 0.25) is 0 Å². The third-order valence-electron chi connectivity index (χ3n) is 5.74. The third kappa shape index (κ3) is 4.62. The van der Waals surface area contributed by atoms with Crippen molar-refractivity contribution in [2.24, 2.45) is 5.73 Å². The number of para-hydroxylation sites is 1. The van der Waals surface area contributed by atoms with Crippen molar-refractivity contribution < 1.29 is 14.3 Å². The predicted octanol–water partition coefficient (Wildman–Crippen LogP) is 3.92. The van der Waals surface area contributed by atoms with Crippen LogP contribution in [-0.2, 0) is 6.54 Å². The molecule has 1 aromatic heterocycles. The molecule has 2 unspecified atom stereocenters. The fourth-order valence-corrected chi connectivity index (χ4v) is 4.34. The highest BCUT2D eigenvalue weighted by atomic mass is 35.5. The van der Waals surface area contributed by atoms with Gasteiger partial charge in [0.2, 0.25) is 0 Å². The number of ether oxygens (including phenoxy) is 1. The number of rotatable bonds is 7. The van der Waals surface area contributed by atoms with E-state index in [2.05, 4.69) is 10.4 Å². The Kier molecular flexibility index (Phi) is 6.46. The molecule has 1 fully saturated rings. The minimum atomic E-state index is -0.514. The van der Waals surface area contributed by atoms with Gasteiger partial charge in [0.15, 0.2) is 0 Å². The number of halogens is 1. The van der Waals surface area contributed by atoms with Gasteiger partial charge in [0.25, 0.3) is 11.8 Å². The van der Waals surface area contributed by atoms with E-state index in [0.717, 1.165) is 30.4 Å². The van der Waals surface area contributed by atoms with Gasteiger partial charge in [0, 0.05) is 23.7 Å². The van der Waals surface area contributed by atoms with Crippen molar-refractivity contribution in [1.29, 1.82) is 0 Å². The zero-order valence-electron chi connectivity index (χ0n) is 17.8. The maximum Gasteiger partial charge on any atom is 0.255 e. The molecular weight excluding hydrogens is 428 g/mol. The van der Waals surface area contributed by atoms with Crippen LogP contribution in [0.25, 0.3) is 11.3 Å². The molecule has 8 heteroatoms. The first-order valence-electron chi connectivity index (χ1n) is 10.5. The van der Waals surface area contributed by atoms with Gasteiger partial charge in [-0.15, -0.1) is 11.6 Å². The summed E-state index contributed by atoms with van der Waals surface area (Å²) in [6, 6.07) is 14.8. The molecule has 0 radical (unpaired) electrons. The van der Waals surface area contributed by atoms with Crippen LogP contribution in [0, 0.1) is 0 Å². The molecule has 166 valence electrons. The van der Waals surface area contributed by atoms with E-state index >= 15 is 0 Å². The van der Waals surface area contributed by atoms with Crippen molar-refractivity contribution in [2.45, 2.75) is 37.2 Å². The number of aromatic nitrogens is 2. The lowest BCUT2D eigenvalue weighted by Crippen LogP contribution is -2.23. The van der Waals surface area contributed by atoms with Gasteiger partial charge in [0.1, 0.15) is 11.4 Å². The zero-order chi connectivity index (χ0) is 22.7. The number of carbonyl (C=O) groups excluding carboxylic acids is 2. The minimum absolute atomic E-state index is 0.134. The summed E-state index contributed by atoms with van der Waals surface area (Å²) in [5.74, 6) is -0.201. The number of hydrogen-bond acceptors (Lipinski definition) is 4. The number of nitrogens with one attached hydrogen (secondary N) is 1. The summed E-state index contributed by atoms with van der Waals surface area (Å²) in [7, 11) is 1.53. The van der Waals surface area contributed by atoms with E-state index in [9.17, 15) is 9.59 Å². The van der Waals surface area contributed by atoms with Crippen LogP contribution in [0.15, 0.2) is 54.7 Å². The SMILES string of the molecule is COc1ccccc1C(=O)NCc1ccc(-c2nn(C3CCC(Cl)C3)cc2C(N)=O)cc1. The zero-order valence-corrected chi connectivity index (χ0v) is 18.5. The Balaban J connectivity index is 1.48. The number of alkyl halides is 1. The molecule has 3 aromatic rings. The second kappa shape index (κ2) is 9.44. The van der Waals surface area contributed by atoms with Crippen molar-refractivity contribution >= 4 is 23.4 Å². The molecular formula is C24H25ClN4O3. The average molecular weight is 453 g/mol. The molecule has 4 rings (SSSR count). The molecule has 2 aromatic carbocycles. The summed E-state index contributed by atoms with van der Waals surface area (Å²) in [6.07, 6.45) is 4.41. The molecule has 7 nitrogen and oxygen atoms in total. The topological polar surface area (TPSA) is 99.2 Å². The highest BCUT2D eigenvalue weighted by Gasteiger charge is 2.27. The van der Waals surface area contributed by atoms with Crippen LogP contribution < -0.4 is 15.8 Å². The summed E-state index contributed by atoms with van der Waals surface area (Å²) in [6.45, 7) is 0.355. The van der Waals surface area contributed by atoms with Gasteiger partial charge in [-0.3, -0.25) is 14.3 Å². The van der Waals surface area contributed by atoms with Crippen LogP contribution in [0.1, 0.15) is 51.6 Å². The van der Waals surface area contributed by atoms with Gasteiger partial charge < -0.3 is 15.8 Å². The summed E-state index contributed by atoms with van der Waals surface area (Å²) < 4.78 is 7.06. The van der Waals surface area contributed by atoms with E-state index in [1.54, 1.807) is 24.4 Å². The second-order valence-electron chi connectivity index (χ2n) is 7.88. The maximum atomic E-state index is 12.5. The number of carbonyl (C=O) groups is 2. The molecule has 1 saturated carbocycles. The van der Waals surface area contributed by atoms with Gasteiger partial charge in [-0.2, -0.15) is 5.10 Å². The van der Waals surface area contributed by atoms with Gasteiger partial charge in [-0.05, 0) is 37.0 Å². The molecule has 0 saturated heterocycles. The second-order valence-corrected chi connectivity index (χ2v) is 8.50. The summed E-state index contributed by atoms with van der Waals surface area (Å²) in [5.41, 5.74) is 8.73. The molecule has 2 amide bonds. The number of nitrogens with zero attached hydrogens (tertiary/aromatic N) is 2. The van der Waals surface area contributed by atoms with Crippen molar-refractivity contribution in [3.63, 3.8) is 0 Å². The number of amides is 2.